The SMILES string of the molecule is CCC(C)Cc1ccc(-c2cc(C)c3c(c2)c2ccc[c-]c2c2nc(-c4ccccc4C)cn23)cc1.Cc1ccccc1-c1cn2c(n1)c1[c-]cccc1c1cc(-c3ccccc3)cc(C)c12.[Ir]. The number of hydrogen-bond acceptors (Lipinski definition) is 2. The van der Waals surface area contributed by atoms with E-state index in [0.717, 1.165) is 39.9 Å². The van der Waals surface area contributed by atoms with Gasteiger partial charge in [-0.25, -0.2) is 0 Å². The van der Waals surface area contributed by atoms with Crippen molar-refractivity contribution in [2.75, 3.05) is 0 Å². The van der Waals surface area contributed by atoms with Crippen molar-refractivity contribution in [1.82, 2.24) is 18.8 Å². The molecule has 5 heteroatoms. The molecular weight excluding hydrogens is 1000 g/mol. The molecule has 0 aliphatic rings. The Kier molecular flexibility index (Phi) is 12.1. The number of aryl methyl sites for hydroxylation is 4. The molecule has 8 aromatic carbocycles. The Labute approximate surface area is 412 Å². The van der Waals surface area contributed by atoms with Gasteiger partial charge in [-0.15, -0.1) is 59.3 Å². The fraction of sp³-hybridized carbons (Fsp3) is 0.143. The van der Waals surface area contributed by atoms with E-state index in [0.29, 0.717) is 5.92 Å². The molecule has 335 valence electrons. The van der Waals surface area contributed by atoms with E-state index < -0.39 is 0 Å². The van der Waals surface area contributed by atoms with Gasteiger partial charge < -0.3 is 8.80 Å². The van der Waals surface area contributed by atoms with Crippen LogP contribution in [0.3, 0.4) is 0 Å². The van der Waals surface area contributed by atoms with E-state index in [1.54, 1.807) is 0 Å². The Morgan fingerprint density at radius 3 is 1.40 bits per heavy atom. The zero-order chi connectivity index (χ0) is 45.8. The molecule has 4 heterocycles. The summed E-state index contributed by atoms with van der Waals surface area (Å²) in [5.74, 6) is 0.712. The summed E-state index contributed by atoms with van der Waals surface area (Å²) in [6, 6.07) is 65.3. The Balaban J connectivity index is 0.000000158. The number of imidazole rings is 2. The first kappa shape index (κ1) is 44.7. The van der Waals surface area contributed by atoms with Gasteiger partial charge in [-0.1, -0.05) is 146 Å². The zero-order valence-corrected chi connectivity index (χ0v) is 41.8. The van der Waals surface area contributed by atoms with Gasteiger partial charge in [0.25, 0.3) is 0 Å². The minimum atomic E-state index is 0. The average Bonchev–Trinajstić information content (AvgIpc) is 4.01. The van der Waals surface area contributed by atoms with Gasteiger partial charge in [-0.3, -0.25) is 9.97 Å². The van der Waals surface area contributed by atoms with Crippen LogP contribution >= 0.6 is 0 Å². The van der Waals surface area contributed by atoms with Crippen LogP contribution in [0.1, 0.15) is 48.1 Å². The van der Waals surface area contributed by atoms with Gasteiger partial charge in [0.1, 0.15) is 0 Å². The summed E-state index contributed by atoms with van der Waals surface area (Å²) >= 11 is 0. The third kappa shape index (κ3) is 8.00. The van der Waals surface area contributed by atoms with Crippen LogP contribution < -0.4 is 0 Å². The Hall–Kier alpha value is -7.17. The first-order valence-corrected chi connectivity index (χ1v) is 23.5. The van der Waals surface area contributed by atoms with Crippen LogP contribution in [0.5, 0.6) is 0 Å². The molecule has 4 aromatic heterocycles. The second-order valence-corrected chi connectivity index (χ2v) is 18.3. The van der Waals surface area contributed by atoms with Crippen molar-refractivity contribution < 1.29 is 20.1 Å². The average molecular weight is 1060 g/mol. The van der Waals surface area contributed by atoms with Crippen molar-refractivity contribution in [3.05, 3.63) is 216 Å². The summed E-state index contributed by atoms with van der Waals surface area (Å²) < 4.78 is 4.52. The minimum Gasteiger partial charge on any atom is -0.339 e. The zero-order valence-electron chi connectivity index (χ0n) is 39.4. The topological polar surface area (TPSA) is 34.6 Å². The van der Waals surface area contributed by atoms with Gasteiger partial charge in [-0.2, -0.15) is 0 Å². The number of fused-ring (bicyclic) bond motifs is 12. The molecule has 0 saturated heterocycles. The van der Waals surface area contributed by atoms with Crippen LogP contribution in [0.15, 0.2) is 176 Å². The van der Waals surface area contributed by atoms with Gasteiger partial charge in [0.05, 0.1) is 22.7 Å². The molecule has 12 rings (SSSR count). The Morgan fingerprint density at radius 2 is 0.926 bits per heavy atom. The molecule has 0 spiro atoms. The number of benzene rings is 8. The van der Waals surface area contributed by atoms with E-state index in [1.807, 2.05) is 12.1 Å². The van der Waals surface area contributed by atoms with Gasteiger partial charge >= 0.3 is 0 Å². The fourth-order valence-corrected chi connectivity index (χ4v) is 10.1. The number of pyridine rings is 2. The fourth-order valence-electron chi connectivity index (χ4n) is 10.1. The predicted molar refractivity (Wildman–Crippen MR) is 282 cm³/mol. The number of nitrogens with zero attached hydrogens (tertiary/aromatic N) is 4. The molecule has 0 N–H and O–H groups in total. The second-order valence-electron chi connectivity index (χ2n) is 18.3. The number of rotatable bonds is 7. The summed E-state index contributed by atoms with van der Waals surface area (Å²) in [4.78, 5) is 10.2. The van der Waals surface area contributed by atoms with E-state index in [9.17, 15) is 0 Å². The van der Waals surface area contributed by atoms with E-state index >= 15 is 0 Å². The van der Waals surface area contributed by atoms with Gasteiger partial charge in [0.15, 0.2) is 0 Å². The molecule has 0 bridgehead atoms. The molecule has 0 aliphatic carbocycles. The quantitative estimate of drug-likeness (QED) is 0.118. The summed E-state index contributed by atoms with van der Waals surface area (Å²) in [5, 5.41) is 6.96. The van der Waals surface area contributed by atoms with Crippen molar-refractivity contribution in [2.45, 2.75) is 54.4 Å². The molecule has 0 fully saturated rings. The smallest absolute Gasteiger partial charge is 0.0774 e. The van der Waals surface area contributed by atoms with Crippen molar-refractivity contribution in [1.29, 1.82) is 0 Å². The normalized spacial score (nSPS) is 11.9. The van der Waals surface area contributed by atoms with E-state index in [4.69, 9.17) is 9.97 Å². The van der Waals surface area contributed by atoms with E-state index in [1.165, 1.54) is 100 Å². The molecule has 68 heavy (non-hydrogen) atoms. The molecule has 0 saturated carbocycles. The molecular formula is C63H52IrN4-2. The Bertz CT molecular complexity index is 3820. The third-order valence-electron chi connectivity index (χ3n) is 13.8. The van der Waals surface area contributed by atoms with Crippen molar-refractivity contribution in [3.63, 3.8) is 0 Å². The van der Waals surface area contributed by atoms with Crippen molar-refractivity contribution in [3.8, 4) is 44.8 Å². The van der Waals surface area contributed by atoms with Gasteiger partial charge in [0, 0.05) is 54.7 Å². The molecule has 4 nitrogen and oxygen atoms in total. The molecule has 1 atom stereocenters. The van der Waals surface area contributed by atoms with Crippen LogP contribution in [0.25, 0.3) is 99.4 Å². The van der Waals surface area contributed by atoms with Crippen LogP contribution in [0.4, 0.5) is 0 Å². The maximum atomic E-state index is 5.12. The molecule has 0 aliphatic heterocycles. The number of aromatic nitrogens is 4. The monoisotopic (exact) mass is 1060 g/mol. The van der Waals surface area contributed by atoms with Crippen molar-refractivity contribution in [2.24, 2.45) is 5.92 Å². The molecule has 12 aromatic rings. The third-order valence-corrected chi connectivity index (χ3v) is 13.8. The summed E-state index contributed by atoms with van der Waals surface area (Å²) in [5.41, 5.74) is 20.0. The summed E-state index contributed by atoms with van der Waals surface area (Å²) in [6.07, 6.45) is 6.71. The number of hydrogen-bond donors (Lipinski definition) is 0. The minimum absolute atomic E-state index is 0. The first-order chi connectivity index (χ1) is 32.7. The van der Waals surface area contributed by atoms with Crippen LogP contribution in [-0.2, 0) is 26.5 Å². The van der Waals surface area contributed by atoms with Crippen molar-refractivity contribution >= 4 is 54.6 Å². The largest absolute Gasteiger partial charge is 0.339 e. The maximum Gasteiger partial charge on any atom is 0.0774 e. The molecule has 1 unspecified atom stereocenters. The standard InChI is InChI=1S/C34H31N2.C29H21N2.Ir/c1-5-22(2)18-25-14-16-26(17-15-25)27-19-24(4)33-31(20-27)29-12-8-9-13-30(29)34-35-32(21-36(33)34)28-11-7-6-10-23(28)3;1-19-10-6-7-13-23(19)27-18-31-28-20(2)16-22(21-11-4-3-5-12-21)17-26(28)24-14-8-9-15-25(24)29(31)30-27;/h6-12,14-17,19-22H,5,18H2,1-4H3;3-14,16-18H,1-2H3;/q2*-1;. The van der Waals surface area contributed by atoms with Crippen LogP contribution in [-0.4, -0.2) is 18.8 Å². The van der Waals surface area contributed by atoms with Crippen LogP contribution in [0, 0.1) is 45.7 Å². The van der Waals surface area contributed by atoms with Gasteiger partial charge in [0.2, 0.25) is 0 Å². The van der Waals surface area contributed by atoms with E-state index in [-0.39, 0.29) is 20.1 Å². The second kappa shape index (κ2) is 18.5. The first-order valence-electron chi connectivity index (χ1n) is 23.5. The molecule has 0 amide bonds. The summed E-state index contributed by atoms with van der Waals surface area (Å²) in [7, 11) is 0. The summed E-state index contributed by atoms with van der Waals surface area (Å²) in [6.45, 7) is 13.3. The van der Waals surface area contributed by atoms with Gasteiger partial charge in [-0.05, 0) is 113 Å². The maximum absolute atomic E-state index is 5.12. The Morgan fingerprint density at radius 1 is 0.471 bits per heavy atom. The van der Waals surface area contributed by atoms with E-state index in [2.05, 4.69) is 227 Å². The molecule has 1 radical (unpaired) electrons. The predicted octanol–water partition coefficient (Wildman–Crippen LogP) is 16.4. The van der Waals surface area contributed by atoms with Crippen LogP contribution in [0.2, 0.25) is 0 Å².